The summed E-state index contributed by atoms with van der Waals surface area (Å²) in [6.45, 7) is 10.1. The van der Waals surface area contributed by atoms with Crippen LogP contribution in [-0.4, -0.2) is 34.1 Å². The predicted octanol–water partition coefficient (Wildman–Crippen LogP) is 5.80. The molecule has 0 saturated heterocycles. The quantitative estimate of drug-likeness (QED) is 0.239. The molecule has 3 unspecified atom stereocenters. The molecule has 0 aromatic heterocycles. The third kappa shape index (κ3) is 8.44. The van der Waals surface area contributed by atoms with Crippen LogP contribution in [0.4, 0.5) is 0 Å². The first-order valence-corrected chi connectivity index (χ1v) is 11.0. The zero-order valence-electron chi connectivity index (χ0n) is 17.1. The molecule has 3 nitrogen and oxygen atoms in total. The van der Waals surface area contributed by atoms with Crippen LogP contribution in [0, 0.1) is 5.92 Å². The number of hydrogen-bond acceptors (Lipinski definition) is 4. The number of ether oxygens (including phenoxy) is 1. The Kier molecular flexibility index (Phi) is 12.3. The molecule has 0 spiro atoms. The van der Waals surface area contributed by atoms with Crippen molar-refractivity contribution in [3.63, 3.8) is 0 Å². The molecule has 0 saturated carbocycles. The number of thioether (sulfide) groups is 1. The van der Waals surface area contributed by atoms with Crippen LogP contribution in [0.2, 0.25) is 5.02 Å². The Hall–Kier alpha value is -1.20. The molecule has 0 aliphatic heterocycles. The van der Waals surface area contributed by atoms with Gasteiger partial charge in [-0.05, 0) is 50.5 Å². The summed E-state index contributed by atoms with van der Waals surface area (Å²) in [5.41, 5.74) is 2.05. The molecule has 1 aromatic rings. The fourth-order valence-electron chi connectivity index (χ4n) is 2.75. The van der Waals surface area contributed by atoms with Crippen molar-refractivity contribution in [1.29, 1.82) is 0 Å². The van der Waals surface area contributed by atoms with Gasteiger partial charge in [-0.2, -0.15) is 0 Å². The van der Waals surface area contributed by atoms with E-state index in [1.54, 1.807) is 17.8 Å². The molecule has 5 heteroatoms. The summed E-state index contributed by atoms with van der Waals surface area (Å²) in [6.07, 6.45) is 10.1. The van der Waals surface area contributed by atoms with Crippen molar-refractivity contribution >= 4 is 23.4 Å². The van der Waals surface area contributed by atoms with Crippen molar-refractivity contribution in [2.45, 2.75) is 50.7 Å². The normalized spacial score (nSPS) is 15.4. The Morgan fingerprint density at radius 2 is 2.11 bits per heavy atom. The summed E-state index contributed by atoms with van der Waals surface area (Å²) in [7, 11) is 0. The van der Waals surface area contributed by atoms with Gasteiger partial charge >= 0.3 is 0 Å². The maximum Gasteiger partial charge on any atom is 0.147 e. The number of aliphatic hydroxyl groups is 2. The van der Waals surface area contributed by atoms with Gasteiger partial charge in [0.2, 0.25) is 0 Å². The highest BCUT2D eigenvalue weighted by molar-refractivity contribution is 8.00. The Morgan fingerprint density at radius 3 is 2.68 bits per heavy atom. The third-order valence-electron chi connectivity index (χ3n) is 4.61. The SMILES string of the molecule is C=CC=CC(Cc1cc(Cl)ccc1OC(CCO)SC(CC)CO)/C(C)=C\C. The summed E-state index contributed by atoms with van der Waals surface area (Å²) in [5, 5.41) is 19.7. The molecular weight excluding hydrogens is 392 g/mol. The van der Waals surface area contributed by atoms with Crippen molar-refractivity contribution in [3.8, 4) is 5.75 Å². The van der Waals surface area contributed by atoms with E-state index in [-0.39, 0.29) is 29.8 Å². The molecule has 2 N–H and O–H groups in total. The predicted molar refractivity (Wildman–Crippen MR) is 122 cm³/mol. The first-order valence-electron chi connectivity index (χ1n) is 9.73. The molecule has 0 amide bonds. The highest BCUT2D eigenvalue weighted by Crippen LogP contribution is 2.32. The van der Waals surface area contributed by atoms with Gasteiger partial charge < -0.3 is 14.9 Å². The molecule has 3 atom stereocenters. The topological polar surface area (TPSA) is 49.7 Å². The largest absolute Gasteiger partial charge is 0.479 e. The highest BCUT2D eigenvalue weighted by atomic mass is 35.5. The second-order valence-corrected chi connectivity index (χ2v) is 8.53. The van der Waals surface area contributed by atoms with Crippen LogP contribution < -0.4 is 4.74 Å². The van der Waals surface area contributed by atoms with Gasteiger partial charge in [-0.3, -0.25) is 0 Å². The smallest absolute Gasteiger partial charge is 0.147 e. The van der Waals surface area contributed by atoms with Gasteiger partial charge in [0.15, 0.2) is 0 Å². The minimum absolute atomic E-state index is 0.0326. The fourth-order valence-corrected chi connectivity index (χ4v) is 4.06. The average molecular weight is 425 g/mol. The van der Waals surface area contributed by atoms with E-state index >= 15 is 0 Å². The second kappa shape index (κ2) is 13.9. The molecule has 0 bridgehead atoms. The fraction of sp³-hybridized carbons (Fsp3) is 0.478. The van der Waals surface area contributed by atoms with E-state index in [0.29, 0.717) is 11.4 Å². The average Bonchev–Trinajstić information content (AvgIpc) is 2.70. The van der Waals surface area contributed by atoms with E-state index in [0.717, 1.165) is 24.2 Å². The molecular formula is C23H33ClO3S. The molecule has 28 heavy (non-hydrogen) atoms. The Labute approximate surface area is 179 Å². The summed E-state index contributed by atoms with van der Waals surface area (Å²) in [6, 6.07) is 5.65. The van der Waals surface area contributed by atoms with E-state index in [9.17, 15) is 10.2 Å². The van der Waals surface area contributed by atoms with Crippen molar-refractivity contribution in [2.24, 2.45) is 5.92 Å². The molecule has 0 fully saturated rings. The van der Waals surface area contributed by atoms with Gasteiger partial charge in [0.1, 0.15) is 11.2 Å². The van der Waals surface area contributed by atoms with Crippen molar-refractivity contribution in [2.75, 3.05) is 13.2 Å². The Balaban J connectivity index is 3.11. The third-order valence-corrected chi connectivity index (χ3v) is 6.35. The van der Waals surface area contributed by atoms with E-state index < -0.39 is 0 Å². The lowest BCUT2D eigenvalue weighted by Gasteiger charge is -2.24. The highest BCUT2D eigenvalue weighted by Gasteiger charge is 2.19. The molecule has 156 valence electrons. The van der Waals surface area contributed by atoms with E-state index in [4.69, 9.17) is 16.3 Å². The lowest BCUT2D eigenvalue weighted by Crippen LogP contribution is -2.21. The number of allylic oxidation sites excluding steroid dienone is 5. The number of hydrogen-bond donors (Lipinski definition) is 2. The number of benzene rings is 1. The molecule has 1 aromatic carbocycles. The van der Waals surface area contributed by atoms with Gasteiger partial charge in [-0.25, -0.2) is 0 Å². The first kappa shape index (κ1) is 24.8. The maximum atomic E-state index is 9.51. The first-order chi connectivity index (χ1) is 13.5. The van der Waals surface area contributed by atoms with Crippen molar-refractivity contribution < 1.29 is 14.9 Å². The van der Waals surface area contributed by atoms with Crippen LogP contribution in [0.25, 0.3) is 0 Å². The van der Waals surface area contributed by atoms with Crippen LogP contribution in [0.3, 0.4) is 0 Å². The van der Waals surface area contributed by atoms with Gasteiger partial charge in [0.25, 0.3) is 0 Å². The van der Waals surface area contributed by atoms with Crippen LogP contribution in [0.15, 0.2) is 54.7 Å². The zero-order chi connectivity index (χ0) is 20.9. The molecule has 0 aliphatic rings. The monoisotopic (exact) mass is 424 g/mol. The molecule has 0 aliphatic carbocycles. The number of halogens is 1. The second-order valence-electron chi connectivity index (χ2n) is 6.62. The molecule has 0 radical (unpaired) electrons. The van der Waals surface area contributed by atoms with Crippen molar-refractivity contribution in [3.05, 3.63) is 65.2 Å². The Morgan fingerprint density at radius 1 is 1.36 bits per heavy atom. The summed E-state index contributed by atoms with van der Waals surface area (Å²) < 4.78 is 6.26. The zero-order valence-corrected chi connectivity index (χ0v) is 18.7. The van der Waals surface area contributed by atoms with Crippen LogP contribution in [0.5, 0.6) is 5.75 Å². The Bertz CT molecular complexity index is 653. The van der Waals surface area contributed by atoms with Gasteiger partial charge in [-0.1, -0.05) is 55.0 Å². The van der Waals surface area contributed by atoms with Crippen molar-refractivity contribution in [1.82, 2.24) is 0 Å². The van der Waals surface area contributed by atoms with E-state index in [1.807, 2.05) is 38.1 Å². The number of aliphatic hydroxyl groups excluding tert-OH is 2. The summed E-state index contributed by atoms with van der Waals surface area (Å²) in [4.78, 5) is 0. The minimum Gasteiger partial charge on any atom is -0.479 e. The van der Waals surface area contributed by atoms with E-state index in [2.05, 4.69) is 25.7 Å². The lowest BCUT2D eigenvalue weighted by atomic mass is 9.91. The maximum absolute atomic E-state index is 9.51. The van der Waals surface area contributed by atoms with Gasteiger partial charge in [-0.15, -0.1) is 11.8 Å². The standard InChI is InChI=1S/C23H33ClO3S/c1-5-8-9-18(17(4)6-2)14-19-15-20(24)10-11-22(19)27-23(12-13-25)28-21(7-3)16-26/h5-6,8-11,15,18,21,23,25-26H,1,7,12-14,16H2,2-4H3/b9-8?,17-6-. The van der Waals surface area contributed by atoms with E-state index in [1.165, 1.54) is 5.57 Å². The van der Waals surface area contributed by atoms with Gasteiger partial charge in [0, 0.05) is 29.2 Å². The minimum atomic E-state index is -0.230. The van der Waals surface area contributed by atoms with Gasteiger partial charge in [0.05, 0.1) is 6.61 Å². The summed E-state index contributed by atoms with van der Waals surface area (Å²) >= 11 is 7.82. The van der Waals surface area contributed by atoms with Crippen LogP contribution >= 0.6 is 23.4 Å². The summed E-state index contributed by atoms with van der Waals surface area (Å²) in [5.74, 6) is 0.984. The lowest BCUT2D eigenvalue weighted by molar-refractivity contribution is 0.210. The number of rotatable bonds is 13. The molecule has 0 heterocycles. The van der Waals surface area contributed by atoms with Crippen LogP contribution in [0.1, 0.15) is 39.2 Å². The van der Waals surface area contributed by atoms with Crippen LogP contribution in [-0.2, 0) is 6.42 Å². The molecule has 1 rings (SSSR count).